The number of hydrogen-bond donors (Lipinski definition) is 3. The summed E-state index contributed by atoms with van der Waals surface area (Å²) in [7, 11) is 0. The summed E-state index contributed by atoms with van der Waals surface area (Å²) in [6.45, 7) is 4.00. The van der Waals surface area contributed by atoms with Crippen molar-refractivity contribution in [3.05, 3.63) is 66.4 Å². The highest BCUT2D eigenvalue weighted by Crippen LogP contribution is 2.35. The van der Waals surface area contributed by atoms with Crippen molar-refractivity contribution in [3.63, 3.8) is 0 Å². The number of nitrogens with zero attached hydrogens (tertiary/aromatic N) is 5. The zero-order chi connectivity index (χ0) is 28.9. The van der Waals surface area contributed by atoms with E-state index in [0.717, 1.165) is 64.1 Å². The molecule has 2 amide bonds. The van der Waals surface area contributed by atoms with Crippen LogP contribution in [0.1, 0.15) is 31.2 Å². The van der Waals surface area contributed by atoms with Crippen LogP contribution in [0.25, 0.3) is 0 Å². The maximum Gasteiger partial charge on any atom is 0.265 e. The van der Waals surface area contributed by atoms with Crippen LogP contribution in [0.2, 0.25) is 0 Å². The second-order valence-corrected chi connectivity index (χ2v) is 10.9. The number of carbonyl (C=O) groups excluding carboxylic acids is 2. The predicted octanol–water partition coefficient (Wildman–Crippen LogP) is 1.60. The summed E-state index contributed by atoms with van der Waals surface area (Å²) in [5.74, 6) is 0.743. The number of fused-ring (bicyclic) bond motifs is 1. The molecule has 42 heavy (non-hydrogen) atoms. The van der Waals surface area contributed by atoms with Crippen molar-refractivity contribution in [2.75, 3.05) is 32.8 Å². The first-order valence-corrected chi connectivity index (χ1v) is 14.5. The van der Waals surface area contributed by atoms with Crippen molar-refractivity contribution < 1.29 is 19.1 Å². The summed E-state index contributed by atoms with van der Waals surface area (Å²) in [5, 5.41) is 14.1. The number of ether oxygens (including phenoxy) is 2. The van der Waals surface area contributed by atoms with Crippen molar-refractivity contribution in [1.29, 1.82) is 0 Å². The standard InChI is InChI=1S/C30H36N8O4/c31-29-26-27(20-6-12-23(13-7-20)42-25-5-1-2-14-32-25)36-38(28(26)30(40)35-34-29)22-10-8-21(9-11-22)33-24(39)4-3-15-37-16-18-41-19-17-37/h1-7,12-14,21-22,26,28H,8-11,15-19H2,(H2,31,34)(H,33,39)(H,35,40)/b4-3+/t21-,22+,26?,28?. The zero-order valence-corrected chi connectivity index (χ0v) is 23.4. The molecule has 2 unspecified atom stereocenters. The molecule has 0 bridgehead atoms. The average molecular weight is 573 g/mol. The van der Waals surface area contributed by atoms with E-state index in [1.165, 1.54) is 0 Å². The summed E-state index contributed by atoms with van der Waals surface area (Å²) in [6.07, 6.45) is 8.41. The topological polar surface area (TPSA) is 147 Å². The Hall–Kier alpha value is -4.29. The molecule has 2 fully saturated rings. The number of amidine groups is 1. The number of aromatic nitrogens is 1. The van der Waals surface area contributed by atoms with E-state index in [1.807, 2.05) is 47.5 Å². The van der Waals surface area contributed by atoms with E-state index < -0.39 is 12.0 Å². The van der Waals surface area contributed by atoms with Crippen molar-refractivity contribution >= 4 is 23.4 Å². The lowest BCUT2D eigenvalue weighted by molar-refractivity contribution is -0.128. The maximum absolute atomic E-state index is 13.0. The van der Waals surface area contributed by atoms with Gasteiger partial charge in [0.15, 0.2) is 0 Å². The SMILES string of the molecule is NC1=NNC(=O)C2C1C(c1ccc(Oc3ccccn3)cc1)=NN2[C@H]1CC[C@@H](NC(=O)/C=C/CN2CCOCC2)CC1. The molecule has 1 saturated heterocycles. The van der Waals surface area contributed by atoms with E-state index in [1.54, 1.807) is 18.3 Å². The first kappa shape index (κ1) is 27.9. The lowest BCUT2D eigenvalue weighted by atomic mass is 9.86. The van der Waals surface area contributed by atoms with Crippen molar-refractivity contribution in [3.8, 4) is 11.6 Å². The summed E-state index contributed by atoms with van der Waals surface area (Å²) < 4.78 is 11.2. The lowest BCUT2D eigenvalue weighted by Crippen LogP contribution is -2.56. The Kier molecular flexibility index (Phi) is 8.42. The van der Waals surface area contributed by atoms with Gasteiger partial charge in [-0.3, -0.25) is 19.5 Å². The maximum atomic E-state index is 13.0. The first-order valence-electron chi connectivity index (χ1n) is 14.5. The Morgan fingerprint density at radius 2 is 1.90 bits per heavy atom. The van der Waals surface area contributed by atoms with E-state index in [0.29, 0.717) is 23.2 Å². The molecule has 1 aliphatic carbocycles. The number of hydrogen-bond acceptors (Lipinski definition) is 10. The molecule has 6 rings (SSSR count). The molecule has 12 heteroatoms. The largest absolute Gasteiger partial charge is 0.439 e. The third-order valence-electron chi connectivity index (χ3n) is 8.17. The smallest absolute Gasteiger partial charge is 0.265 e. The molecule has 0 radical (unpaired) electrons. The van der Waals surface area contributed by atoms with E-state index in [-0.39, 0.29) is 23.9 Å². The summed E-state index contributed by atoms with van der Waals surface area (Å²) in [6, 6.07) is 12.6. The van der Waals surface area contributed by atoms with Crippen LogP contribution in [0.5, 0.6) is 11.6 Å². The normalized spacial score (nSPS) is 26.3. The molecular formula is C30H36N8O4. The molecular weight excluding hydrogens is 536 g/mol. The quantitative estimate of drug-likeness (QED) is 0.404. The molecule has 4 N–H and O–H groups in total. The minimum atomic E-state index is -0.568. The number of pyridine rings is 1. The van der Waals surface area contributed by atoms with Gasteiger partial charge >= 0.3 is 0 Å². The summed E-state index contributed by atoms with van der Waals surface area (Å²) >= 11 is 0. The van der Waals surface area contributed by atoms with Gasteiger partial charge in [0.25, 0.3) is 5.91 Å². The first-order chi connectivity index (χ1) is 20.5. The molecule has 12 nitrogen and oxygen atoms in total. The van der Waals surface area contributed by atoms with Crippen LogP contribution in [-0.4, -0.2) is 89.2 Å². The van der Waals surface area contributed by atoms with Crippen LogP contribution in [-0.2, 0) is 14.3 Å². The summed E-state index contributed by atoms with van der Waals surface area (Å²) in [4.78, 5) is 32.0. The second kappa shape index (κ2) is 12.7. The van der Waals surface area contributed by atoms with Crippen LogP contribution < -0.4 is 21.2 Å². The van der Waals surface area contributed by atoms with Gasteiger partial charge in [-0.05, 0) is 61.6 Å². The third kappa shape index (κ3) is 6.29. The fourth-order valence-corrected chi connectivity index (χ4v) is 5.97. The van der Waals surface area contributed by atoms with Crippen LogP contribution in [0.15, 0.2) is 71.0 Å². The Morgan fingerprint density at radius 1 is 1.12 bits per heavy atom. The molecule has 4 heterocycles. The highest BCUT2D eigenvalue weighted by molar-refractivity contribution is 6.19. The number of hydrazone groups is 2. The van der Waals surface area contributed by atoms with Gasteiger partial charge < -0.3 is 20.5 Å². The van der Waals surface area contributed by atoms with Crippen molar-refractivity contribution in [2.24, 2.45) is 21.9 Å². The van der Waals surface area contributed by atoms with Gasteiger partial charge in [0.05, 0.1) is 24.8 Å². The van der Waals surface area contributed by atoms with Crippen molar-refractivity contribution in [2.45, 2.75) is 43.8 Å². The number of benzene rings is 1. The summed E-state index contributed by atoms with van der Waals surface area (Å²) in [5.41, 5.74) is 10.5. The van der Waals surface area contributed by atoms with E-state index >= 15 is 0 Å². The molecule has 1 saturated carbocycles. The van der Waals surface area contributed by atoms with Crippen LogP contribution >= 0.6 is 0 Å². The molecule has 4 aliphatic rings. The van der Waals surface area contributed by atoms with E-state index in [4.69, 9.17) is 20.3 Å². The zero-order valence-electron chi connectivity index (χ0n) is 23.4. The van der Waals surface area contributed by atoms with Gasteiger partial charge in [0, 0.05) is 50.1 Å². The van der Waals surface area contributed by atoms with Gasteiger partial charge in [-0.2, -0.15) is 10.2 Å². The number of amides is 2. The predicted molar refractivity (Wildman–Crippen MR) is 157 cm³/mol. The lowest BCUT2D eigenvalue weighted by Gasteiger charge is -2.38. The van der Waals surface area contributed by atoms with Gasteiger partial charge in [-0.25, -0.2) is 10.4 Å². The number of nitrogens with one attached hydrogen (secondary N) is 2. The Bertz CT molecular complexity index is 1350. The molecule has 1 aromatic carbocycles. The highest BCUT2D eigenvalue weighted by Gasteiger charge is 2.49. The minimum Gasteiger partial charge on any atom is -0.439 e. The van der Waals surface area contributed by atoms with Crippen molar-refractivity contribution in [1.82, 2.24) is 25.6 Å². The monoisotopic (exact) mass is 572 g/mol. The van der Waals surface area contributed by atoms with Crippen LogP contribution in [0.4, 0.5) is 0 Å². The second-order valence-electron chi connectivity index (χ2n) is 10.9. The Balaban J connectivity index is 1.09. The number of rotatable bonds is 8. The molecule has 220 valence electrons. The molecule has 3 aliphatic heterocycles. The number of nitrogens with two attached hydrogens (primary N) is 1. The van der Waals surface area contributed by atoms with E-state index in [9.17, 15) is 9.59 Å². The van der Waals surface area contributed by atoms with Gasteiger partial charge in [0.1, 0.15) is 17.6 Å². The van der Waals surface area contributed by atoms with Gasteiger partial charge in [-0.15, -0.1) is 0 Å². The molecule has 1 aromatic heterocycles. The van der Waals surface area contributed by atoms with Crippen LogP contribution in [0, 0.1) is 5.92 Å². The average Bonchev–Trinajstić information content (AvgIpc) is 3.43. The van der Waals surface area contributed by atoms with Gasteiger partial charge in [-0.1, -0.05) is 12.1 Å². The fourth-order valence-electron chi connectivity index (χ4n) is 5.97. The molecule has 0 spiro atoms. The number of carbonyl (C=O) groups is 2. The van der Waals surface area contributed by atoms with E-state index in [2.05, 4.69) is 25.7 Å². The molecule has 2 aromatic rings. The highest BCUT2D eigenvalue weighted by atomic mass is 16.5. The Morgan fingerprint density at radius 3 is 2.64 bits per heavy atom. The van der Waals surface area contributed by atoms with Crippen LogP contribution in [0.3, 0.4) is 0 Å². The fraction of sp³-hybridized carbons (Fsp3) is 0.433. The Labute approximate surface area is 244 Å². The third-order valence-corrected chi connectivity index (χ3v) is 8.17. The van der Waals surface area contributed by atoms with Gasteiger partial charge in [0.2, 0.25) is 11.8 Å². The molecule has 2 atom stereocenters. The number of morpholine rings is 1. The minimum absolute atomic E-state index is 0.0448.